The van der Waals surface area contributed by atoms with Crippen molar-refractivity contribution in [3.63, 3.8) is 0 Å². The van der Waals surface area contributed by atoms with Crippen molar-refractivity contribution in [2.24, 2.45) is 0 Å². The molecule has 9 heteroatoms. The number of likely N-dealkylation sites (tertiary alicyclic amines) is 1. The number of carboxylic acid groups (broad SMARTS) is 1. The Hall–Kier alpha value is -2.68. The topological polar surface area (TPSA) is 122 Å². The number of amides is 1. The van der Waals surface area contributed by atoms with Crippen LogP contribution >= 0.6 is 0 Å². The molecule has 130 valence electrons. The van der Waals surface area contributed by atoms with Gasteiger partial charge in [-0.15, -0.1) is 0 Å². The SMILES string of the molecule is COC1CC(C(=O)O)N(C(=O)CCNc2ccccc2[N+](=O)[O-])C1. The second kappa shape index (κ2) is 7.73. The lowest BCUT2D eigenvalue weighted by Crippen LogP contribution is -2.41. The van der Waals surface area contributed by atoms with Gasteiger partial charge in [0, 0.05) is 39.1 Å². The van der Waals surface area contributed by atoms with Crippen molar-refractivity contribution in [1.82, 2.24) is 4.90 Å². The molecule has 0 radical (unpaired) electrons. The highest BCUT2D eigenvalue weighted by atomic mass is 16.6. The number of carboxylic acids is 1. The molecule has 1 aliphatic heterocycles. The Kier molecular flexibility index (Phi) is 5.69. The highest BCUT2D eigenvalue weighted by Gasteiger charge is 2.39. The zero-order valence-electron chi connectivity index (χ0n) is 13.2. The molecule has 2 atom stereocenters. The zero-order valence-corrected chi connectivity index (χ0v) is 13.2. The van der Waals surface area contributed by atoms with E-state index in [0.717, 1.165) is 0 Å². The number of aliphatic carboxylic acids is 1. The number of nitrogens with one attached hydrogen (secondary N) is 1. The first-order valence-corrected chi connectivity index (χ1v) is 7.46. The van der Waals surface area contributed by atoms with Gasteiger partial charge in [0.25, 0.3) is 5.69 Å². The van der Waals surface area contributed by atoms with Gasteiger partial charge < -0.3 is 20.1 Å². The Bertz CT molecular complexity index is 635. The number of carbonyl (C=O) groups excluding carboxylic acids is 1. The van der Waals surface area contributed by atoms with Gasteiger partial charge in [-0.25, -0.2) is 4.79 Å². The summed E-state index contributed by atoms with van der Waals surface area (Å²) < 4.78 is 5.14. The van der Waals surface area contributed by atoms with Gasteiger partial charge in [0.2, 0.25) is 5.91 Å². The van der Waals surface area contributed by atoms with E-state index in [9.17, 15) is 24.8 Å². The predicted molar refractivity (Wildman–Crippen MR) is 84.8 cm³/mol. The van der Waals surface area contributed by atoms with Crippen molar-refractivity contribution < 1.29 is 24.4 Å². The molecule has 1 heterocycles. The summed E-state index contributed by atoms with van der Waals surface area (Å²) in [5, 5.41) is 23.0. The average molecular weight is 337 g/mol. The molecule has 0 spiro atoms. The van der Waals surface area contributed by atoms with E-state index in [1.807, 2.05) is 0 Å². The lowest BCUT2D eigenvalue weighted by Gasteiger charge is -2.21. The van der Waals surface area contributed by atoms with Crippen LogP contribution in [0.3, 0.4) is 0 Å². The number of methoxy groups -OCH3 is 1. The Labute approximate surface area is 138 Å². The van der Waals surface area contributed by atoms with Crippen LogP contribution in [0.2, 0.25) is 0 Å². The van der Waals surface area contributed by atoms with Crippen LogP contribution in [0, 0.1) is 10.1 Å². The normalized spacial score (nSPS) is 20.0. The monoisotopic (exact) mass is 337 g/mol. The van der Waals surface area contributed by atoms with Crippen LogP contribution in [0.5, 0.6) is 0 Å². The standard InChI is InChI=1S/C15H19N3O6/c1-24-10-8-13(15(20)21)17(9-10)14(19)6-7-16-11-4-2-3-5-12(11)18(22)23/h2-5,10,13,16H,6-9H2,1H3,(H,20,21). The van der Waals surface area contributed by atoms with Gasteiger partial charge in [0.1, 0.15) is 11.7 Å². The first-order chi connectivity index (χ1) is 11.4. The second-order valence-electron chi connectivity index (χ2n) is 5.44. The summed E-state index contributed by atoms with van der Waals surface area (Å²) in [4.78, 5) is 35.2. The minimum atomic E-state index is -1.06. The maximum atomic E-state index is 12.3. The minimum Gasteiger partial charge on any atom is -0.480 e. The van der Waals surface area contributed by atoms with Gasteiger partial charge in [-0.1, -0.05) is 12.1 Å². The smallest absolute Gasteiger partial charge is 0.326 e. The zero-order chi connectivity index (χ0) is 17.7. The molecule has 9 nitrogen and oxygen atoms in total. The molecule has 0 aliphatic carbocycles. The lowest BCUT2D eigenvalue weighted by atomic mass is 10.2. The molecule has 1 aromatic rings. The van der Waals surface area contributed by atoms with Crippen LogP contribution in [0.1, 0.15) is 12.8 Å². The molecule has 0 bridgehead atoms. The predicted octanol–water partition coefficient (Wildman–Crippen LogP) is 1.10. The molecule has 1 amide bonds. The molecule has 2 N–H and O–H groups in total. The van der Waals surface area contributed by atoms with Crippen LogP contribution in [-0.4, -0.2) is 59.2 Å². The van der Waals surface area contributed by atoms with E-state index in [2.05, 4.69) is 5.32 Å². The van der Waals surface area contributed by atoms with Crippen molar-refractivity contribution in [2.45, 2.75) is 25.0 Å². The summed E-state index contributed by atoms with van der Waals surface area (Å²) in [6, 6.07) is 5.24. The molecular formula is C15H19N3O6. The summed E-state index contributed by atoms with van der Waals surface area (Å²) in [6.07, 6.45) is -0.000238. The fraction of sp³-hybridized carbons (Fsp3) is 0.467. The highest BCUT2D eigenvalue weighted by molar-refractivity contribution is 5.84. The third kappa shape index (κ3) is 3.99. The first kappa shape index (κ1) is 17.7. The fourth-order valence-electron chi connectivity index (χ4n) is 2.71. The number of benzene rings is 1. The minimum absolute atomic E-state index is 0.0340. The fourth-order valence-corrected chi connectivity index (χ4v) is 2.71. The van der Waals surface area contributed by atoms with Gasteiger partial charge >= 0.3 is 5.97 Å². The maximum absolute atomic E-state index is 12.3. The van der Waals surface area contributed by atoms with E-state index in [4.69, 9.17) is 4.74 Å². The van der Waals surface area contributed by atoms with E-state index < -0.39 is 16.9 Å². The first-order valence-electron chi connectivity index (χ1n) is 7.46. The molecule has 24 heavy (non-hydrogen) atoms. The third-order valence-electron chi connectivity index (χ3n) is 3.96. The Morgan fingerprint density at radius 3 is 2.79 bits per heavy atom. The van der Waals surface area contributed by atoms with E-state index in [0.29, 0.717) is 5.69 Å². The van der Waals surface area contributed by atoms with Gasteiger partial charge in [0.15, 0.2) is 0 Å². The van der Waals surface area contributed by atoms with Crippen LogP contribution in [0.4, 0.5) is 11.4 Å². The van der Waals surface area contributed by atoms with Crippen LogP contribution in [0.15, 0.2) is 24.3 Å². The van der Waals surface area contributed by atoms with Crippen molar-refractivity contribution in [3.8, 4) is 0 Å². The summed E-state index contributed by atoms with van der Waals surface area (Å²) in [5.41, 5.74) is 0.246. The number of anilines is 1. The van der Waals surface area contributed by atoms with E-state index >= 15 is 0 Å². The van der Waals surface area contributed by atoms with Crippen LogP contribution in [0.25, 0.3) is 0 Å². The van der Waals surface area contributed by atoms with E-state index in [1.165, 1.54) is 18.1 Å². The molecular weight excluding hydrogens is 318 g/mol. The van der Waals surface area contributed by atoms with Gasteiger partial charge in [-0.3, -0.25) is 14.9 Å². The number of carbonyl (C=O) groups is 2. The average Bonchev–Trinajstić information content (AvgIpc) is 3.00. The lowest BCUT2D eigenvalue weighted by molar-refractivity contribution is -0.384. The maximum Gasteiger partial charge on any atom is 0.326 e. The Morgan fingerprint density at radius 1 is 1.46 bits per heavy atom. The summed E-state index contributed by atoms with van der Waals surface area (Å²) in [7, 11) is 1.48. The van der Waals surface area contributed by atoms with Crippen molar-refractivity contribution in [3.05, 3.63) is 34.4 Å². The summed E-state index contributed by atoms with van der Waals surface area (Å²) in [6.45, 7) is 0.405. The molecule has 2 rings (SSSR count). The second-order valence-corrected chi connectivity index (χ2v) is 5.44. The number of hydrogen-bond acceptors (Lipinski definition) is 6. The Balaban J connectivity index is 1.94. The molecule has 0 aromatic heterocycles. The largest absolute Gasteiger partial charge is 0.480 e. The number of nitro groups is 1. The van der Waals surface area contributed by atoms with Crippen molar-refractivity contribution >= 4 is 23.3 Å². The molecule has 1 aromatic carbocycles. The summed E-state index contributed by atoms with van der Waals surface area (Å²) in [5.74, 6) is -1.39. The van der Waals surface area contributed by atoms with Crippen molar-refractivity contribution in [2.75, 3.05) is 25.5 Å². The van der Waals surface area contributed by atoms with E-state index in [-0.39, 0.29) is 43.6 Å². The number of hydrogen-bond donors (Lipinski definition) is 2. The molecule has 0 saturated carbocycles. The Morgan fingerprint density at radius 2 is 2.17 bits per heavy atom. The van der Waals surface area contributed by atoms with Gasteiger partial charge in [-0.05, 0) is 6.07 Å². The third-order valence-corrected chi connectivity index (χ3v) is 3.96. The van der Waals surface area contributed by atoms with Crippen LogP contribution in [-0.2, 0) is 14.3 Å². The number of nitro benzene ring substituents is 1. The van der Waals surface area contributed by atoms with E-state index in [1.54, 1.807) is 18.2 Å². The number of ether oxygens (including phenoxy) is 1. The molecule has 1 fully saturated rings. The van der Waals surface area contributed by atoms with Gasteiger partial charge in [-0.2, -0.15) is 0 Å². The number of rotatable bonds is 7. The quantitative estimate of drug-likeness (QED) is 0.564. The van der Waals surface area contributed by atoms with Gasteiger partial charge in [0.05, 0.1) is 11.0 Å². The molecule has 1 aliphatic rings. The number of nitrogens with zero attached hydrogens (tertiary/aromatic N) is 2. The molecule has 2 unspecified atom stereocenters. The van der Waals surface area contributed by atoms with Crippen molar-refractivity contribution in [1.29, 1.82) is 0 Å². The molecule has 1 saturated heterocycles. The highest BCUT2D eigenvalue weighted by Crippen LogP contribution is 2.24. The van der Waals surface area contributed by atoms with Crippen LogP contribution < -0.4 is 5.32 Å². The number of para-hydroxylation sites is 2. The summed E-state index contributed by atoms with van der Waals surface area (Å²) >= 11 is 0.